The van der Waals surface area contributed by atoms with Crippen molar-refractivity contribution in [1.29, 1.82) is 0 Å². The SMILES string of the molecule is C=CCN(C(=O)[C@@H]1[C@@H]2CCC3(S2)C(C(=O)N(CC=C)c2cc(C)ccc2C)N(CCCCO)C(=O)[C@H]13)c1ccccc1. The van der Waals surface area contributed by atoms with E-state index in [1.165, 1.54) is 0 Å². The van der Waals surface area contributed by atoms with Crippen molar-refractivity contribution in [3.63, 3.8) is 0 Å². The molecular weight excluding hydrogens is 546 g/mol. The van der Waals surface area contributed by atoms with Crippen molar-refractivity contribution in [2.75, 3.05) is 36.0 Å². The molecule has 3 saturated heterocycles. The maximum atomic E-state index is 14.8. The average molecular weight is 588 g/mol. The van der Waals surface area contributed by atoms with E-state index in [2.05, 4.69) is 13.2 Å². The molecule has 2 aromatic rings. The molecule has 7 nitrogen and oxygen atoms in total. The Morgan fingerprint density at radius 2 is 1.76 bits per heavy atom. The van der Waals surface area contributed by atoms with Crippen LogP contribution in [-0.4, -0.2) is 70.0 Å². The first-order chi connectivity index (χ1) is 20.3. The summed E-state index contributed by atoms with van der Waals surface area (Å²) in [6.07, 6.45) is 6.04. The molecule has 2 bridgehead atoms. The Morgan fingerprint density at radius 3 is 2.45 bits per heavy atom. The lowest BCUT2D eigenvalue weighted by atomic mass is 9.70. The summed E-state index contributed by atoms with van der Waals surface area (Å²) < 4.78 is -0.688. The molecule has 8 heteroatoms. The quantitative estimate of drug-likeness (QED) is 0.282. The highest BCUT2D eigenvalue weighted by Gasteiger charge is 2.74. The van der Waals surface area contributed by atoms with E-state index >= 15 is 0 Å². The van der Waals surface area contributed by atoms with Gasteiger partial charge in [0.25, 0.3) is 5.91 Å². The van der Waals surface area contributed by atoms with E-state index in [4.69, 9.17) is 0 Å². The van der Waals surface area contributed by atoms with Gasteiger partial charge in [0, 0.05) is 42.9 Å². The number of likely N-dealkylation sites (tertiary alicyclic amines) is 1. The normalized spacial score (nSPS) is 25.8. The predicted molar refractivity (Wildman–Crippen MR) is 170 cm³/mol. The summed E-state index contributed by atoms with van der Waals surface area (Å²) in [6, 6.07) is 14.9. The van der Waals surface area contributed by atoms with Crippen LogP contribution in [0.4, 0.5) is 11.4 Å². The van der Waals surface area contributed by atoms with Gasteiger partial charge in [-0.1, -0.05) is 42.5 Å². The van der Waals surface area contributed by atoms with Gasteiger partial charge in [0.15, 0.2) is 0 Å². The molecule has 3 amide bonds. The Kier molecular flexibility index (Phi) is 8.94. The lowest BCUT2D eigenvalue weighted by molar-refractivity contribution is -0.139. The van der Waals surface area contributed by atoms with Crippen LogP contribution in [0, 0.1) is 25.7 Å². The summed E-state index contributed by atoms with van der Waals surface area (Å²) in [6.45, 7) is 12.8. The number of amides is 3. The number of hydrogen-bond donors (Lipinski definition) is 1. The minimum atomic E-state index is -0.703. The first-order valence-corrected chi connectivity index (χ1v) is 15.7. The number of carbonyl (C=O) groups is 3. The summed E-state index contributed by atoms with van der Waals surface area (Å²) in [4.78, 5) is 48.8. The van der Waals surface area contributed by atoms with Crippen LogP contribution in [0.2, 0.25) is 0 Å². The molecule has 0 aromatic heterocycles. The third-order valence-corrected chi connectivity index (χ3v) is 11.0. The molecule has 42 heavy (non-hydrogen) atoms. The number of unbranched alkanes of at least 4 members (excludes halogenated alkanes) is 1. The summed E-state index contributed by atoms with van der Waals surface area (Å²) >= 11 is 1.68. The minimum Gasteiger partial charge on any atom is -0.396 e. The summed E-state index contributed by atoms with van der Waals surface area (Å²) in [5.74, 6) is -1.44. The van der Waals surface area contributed by atoms with Crippen molar-refractivity contribution in [3.8, 4) is 0 Å². The van der Waals surface area contributed by atoms with Crippen molar-refractivity contribution in [1.82, 2.24) is 4.90 Å². The highest BCUT2D eigenvalue weighted by molar-refractivity contribution is 8.02. The molecule has 0 radical (unpaired) electrons. The summed E-state index contributed by atoms with van der Waals surface area (Å²) in [5.41, 5.74) is 3.60. The van der Waals surface area contributed by atoms with E-state index in [0.717, 1.165) is 28.9 Å². The van der Waals surface area contributed by atoms with Gasteiger partial charge in [0.05, 0.1) is 16.6 Å². The number of benzene rings is 2. The van der Waals surface area contributed by atoms with Gasteiger partial charge >= 0.3 is 0 Å². The zero-order valence-electron chi connectivity index (χ0n) is 24.6. The van der Waals surface area contributed by atoms with Gasteiger partial charge in [0.1, 0.15) is 6.04 Å². The van der Waals surface area contributed by atoms with Crippen LogP contribution in [0.3, 0.4) is 0 Å². The minimum absolute atomic E-state index is 0.0197. The lowest BCUT2D eigenvalue weighted by Gasteiger charge is -2.38. The number of para-hydroxylation sites is 1. The van der Waals surface area contributed by atoms with Crippen molar-refractivity contribution >= 4 is 40.9 Å². The maximum Gasteiger partial charge on any atom is 0.251 e. The van der Waals surface area contributed by atoms with E-state index in [-0.39, 0.29) is 29.6 Å². The first kappa shape index (κ1) is 30.1. The van der Waals surface area contributed by atoms with Crippen LogP contribution >= 0.6 is 11.8 Å². The third-order valence-electron chi connectivity index (χ3n) is 9.01. The number of hydrogen-bond acceptors (Lipinski definition) is 5. The number of carbonyl (C=O) groups excluding carboxylic acids is 3. The molecule has 3 fully saturated rings. The molecule has 0 aliphatic carbocycles. The van der Waals surface area contributed by atoms with Gasteiger partial charge < -0.3 is 19.8 Å². The molecule has 3 aliphatic rings. The van der Waals surface area contributed by atoms with Crippen molar-refractivity contribution in [3.05, 3.63) is 85.0 Å². The molecular formula is C34H41N3O4S. The number of rotatable bonds is 12. The van der Waals surface area contributed by atoms with E-state index in [0.29, 0.717) is 38.9 Å². The van der Waals surface area contributed by atoms with E-state index in [1.54, 1.807) is 38.6 Å². The zero-order valence-corrected chi connectivity index (χ0v) is 25.4. The molecule has 1 N–H and O–H groups in total. The second-order valence-electron chi connectivity index (χ2n) is 11.6. The van der Waals surface area contributed by atoms with Gasteiger partial charge in [-0.3, -0.25) is 14.4 Å². The Morgan fingerprint density at radius 1 is 1.05 bits per heavy atom. The number of aliphatic hydroxyl groups is 1. The van der Waals surface area contributed by atoms with Crippen LogP contribution in [0.1, 0.15) is 36.8 Å². The van der Waals surface area contributed by atoms with Gasteiger partial charge in [-0.15, -0.1) is 24.9 Å². The molecule has 5 rings (SSSR count). The Hall–Kier alpha value is -3.36. The van der Waals surface area contributed by atoms with E-state index in [1.807, 2.05) is 62.4 Å². The van der Waals surface area contributed by atoms with E-state index in [9.17, 15) is 19.5 Å². The molecule has 222 valence electrons. The molecule has 2 aromatic carbocycles. The number of fused-ring (bicyclic) bond motifs is 1. The van der Waals surface area contributed by atoms with Gasteiger partial charge in [0.2, 0.25) is 11.8 Å². The predicted octanol–water partition coefficient (Wildman–Crippen LogP) is 4.91. The van der Waals surface area contributed by atoms with E-state index < -0.39 is 22.6 Å². The maximum absolute atomic E-state index is 14.8. The summed E-state index contributed by atoms with van der Waals surface area (Å²) in [7, 11) is 0. The monoisotopic (exact) mass is 587 g/mol. The zero-order chi connectivity index (χ0) is 30.0. The molecule has 0 saturated carbocycles. The van der Waals surface area contributed by atoms with Crippen LogP contribution in [0.15, 0.2) is 73.8 Å². The van der Waals surface area contributed by atoms with Crippen LogP contribution in [0.25, 0.3) is 0 Å². The van der Waals surface area contributed by atoms with Crippen molar-refractivity contribution < 1.29 is 19.5 Å². The molecule has 3 aliphatic heterocycles. The number of aryl methyl sites for hydroxylation is 2. The van der Waals surface area contributed by atoms with Crippen molar-refractivity contribution in [2.45, 2.75) is 55.6 Å². The molecule has 3 heterocycles. The third kappa shape index (κ3) is 5.09. The van der Waals surface area contributed by atoms with Gasteiger partial charge in [-0.05, 0) is 68.9 Å². The molecule has 1 spiro atoms. The average Bonchev–Trinajstić information content (AvgIpc) is 3.63. The number of anilines is 2. The number of thioether (sulfide) groups is 1. The fourth-order valence-corrected chi connectivity index (χ4v) is 9.39. The smallest absolute Gasteiger partial charge is 0.251 e. The fourth-order valence-electron chi connectivity index (χ4n) is 7.18. The van der Waals surface area contributed by atoms with Crippen LogP contribution in [-0.2, 0) is 14.4 Å². The second-order valence-corrected chi connectivity index (χ2v) is 13.2. The number of nitrogens with zero attached hydrogens (tertiary/aromatic N) is 3. The van der Waals surface area contributed by atoms with Gasteiger partial charge in [-0.2, -0.15) is 0 Å². The Balaban J connectivity index is 1.56. The molecule has 2 unspecified atom stereocenters. The first-order valence-electron chi connectivity index (χ1n) is 14.8. The lowest BCUT2D eigenvalue weighted by Crippen LogP contribution is -2.55. The number of aliphatic hydroxyl groups excluding tert-OH is 1. The van der Waals surface area contributed by atoms with Crippen LogP contribution in [0.5, 0.6) is 0 Å². The standard InChI is InChI=1S/C34H41N3O4S/c1-5-18-35(25-12-8-7-9-13-25)31(39)28-27-16-17-34(42-27)29(28)32(40)37(20-10-11-21-38)30(34)33(41)36(19-6-2)26-22-23(3)14-15-24(26)4/h5-9,12-15,22,27-30,38H,1-2,10-11,16-21H2,3-4H3/t27-,28+,29-,30?,34?/m0/s1. The highest BCUT2D eigenvalue weighted by atomic mass is 32.2. The largest absolute Gasteiger partial charge is 0.396 e. The topological polar surface area (TPSA) is 81.2 Å². The fraction of sp³-hybridized carbons (Fsp3) is 0.441. The van der Waals surface area contributed by atoms with Crippen LogP contribution < -0.4 is 9.80 Å². The molecule has 5 atom stereocenters. The summed E-state index contributed by atoms with van der Waals surface area (Å²) in [5, 5.41) is 9.46. The second kappa shape index (κ2) is 12.5. The highest BCUT2D eigenvalue weighted by Crippen LogP contribution is 2.67. The van der Waals surface area contributed by atoms with Gasteiger partial charge in [-0.25, -0.2) is 0 Å². The Bertz CT molecular complexity index is 1360. The Labute approximate surface area is 253 Å². The van der Waals surface area contributed by atoms with Crippen molar-refractivity contribution in [2.24, 2.45) is 11.8 Å².